The molecule has 0 radical (unpaired) electrons. The molecule has 0 spiro atoms. The van der Waals surface area contributed by atoms with Gasteiger partial charge in [-0.1, -0.05) is 29.8 Å². The zero-order chi connectivity index (χ0) is 13.7. The molecular weight excluding hydrogens is 242 g/mol. The summed E-state index contributed by atoms with van der Waals surface area (Å²) in [5, 5.41) is 6.60. The standard InChI is InChI=1S/C14H17N3O2/c1-3-4-13(18)15-9-12-16-14(19-17-12)11-7-5-10(2)6-8-11/h5-8H,3-4,9H2,1-2H3,(H,15,18). The van der Waals surface area contributed by atoms with E-state index in [0.717, 1.165) is 12.0 Å². The average Bonchev–Trinajstić information content (AvgIpc) is 2.86. The number of nitrogens with one attached hydrogen (secondary N) is 1. The second-order valence-electron chi connectivity index (χ2n) is 4.41. The first-order chi connectivity index (χ1) is 9.19. The third kappa shape index (κ3) is 3.64. The summed E-state index contributed by atoms with van der Waals surface area (Å²) < 4.78 is 5.17. The smallest absolute Gasteiger partial charge is 0.257 e. The van der Waals surface area contributed by atoms with Crippen LogP contribution in [0, 0.1) is 6.92 Å². The number of nitrogens with zero attached hydrogens (tertiary/aromatic N) is 2. The van der Waals surface area contributed by atoms with Crippen LogP contribution in [-0.2, 0) is 11.3 Å². The highest BCUT2D eigenvalue weighted by molar-refractivity contribution is 5.75. The maximum absolute atomic E-state index is 11.3. The van der Waals surface area contributed by atoms with Gasteiger partial charge in [0.1, 0.15) is 0 Å². The number of amides is 1. The summed E-state index contributed by atoms with van der Waals surface area (Å²) in [5.74, 6) is 0.962. The highest BCUT2D eigenvalue weighted by Gasteiger charge is 2.09. The molecule has 2 aromatic rings. The summed E-state index contributed by atoms with van der Waals surface area (Å²) in [7, 11) is 0. The molecule has 0 unspecified atom stereocenters. The summed E-state index contributed by atoms with van der Waals surface area (Å²) in [6.45, 7) is 4.28. The van der Waals surface area contributed by atoms with Crippen LogP contribution in [-0.4, -0.2) is 16.0 Å². The van der Waals surface area contributed by atoms with Crippen LogP contribution < -0.4 is 5.32 Å². The van der Waals surface area contributed by atoms with Crippen LogP contribution in [0.5, 0.6) is 0 Å². The minimum atomic E-state index is 0.00388. The molecule has 1 aromatic carbocycles. The molecule has 0 bridgehead atoms. The number of hydrogen-bond acceptors (Lipinski definition) is 4. The maximum atomic E-state index is 11.3. The SMILES string of the molecule is CCCC(=O)NCc1noc(-c2ccc(C)cc2)n1. The van der Waals surface area contributed by atoms with Gasteiger partial charge in [0.05, 0.1) is 6.54 Å². The zero-order valence-electron chi connectivity index (χ0n) is 11.1. The fraction of sp³-hybridized carbons (Fsp3) is 0.357. The first kappa shape index (κ1) is 13.3. The van der Waals surface area contributed by atoms with Crippen molar-refractivity contribution in [1.29, 1.82) is 0 Å². The predicted molar refractivity (Wildman–Crippen MR) is 71.2 cm³/mol. The molecule has 0 aliphatic rings. The van der Waals surface area contributed by atoms with Gasteiger partial charge in [-0.25, -0.2) is 0 Å². The number of carbonyl (C=O) groups is 1. The van der Waals surface area contributed by atoms with Crippen LogP contribution in [0.3, 0.4) is 0 Å². The van der Waals surface area contributed by atoms with E-state index in [1.807, 2.05) is 38.1 Å². The van der Waals surface area contributed by atoms with Crippen LogP contribution in [0.2, 0.25) is 0 Å². The van der Waals surface area contributed by atoms with Crippen molar-refractivity contribution in [3.05, 3.63) is 35.7 Å². The number of rotatable bonds is 5. The Morgan fingerprint density at radius 2 is 2.05 bits per heavy atom. The molecule has 0 saturated carbocycles. The third-order valence-corrected chi connectivity index (χ3v) is 2.69. The number of aromatic nitrogens is 2. The Kier molecular flexibility index (Phi) is 4.28. The molecule has 1 N–H and O–H groups in total. The minimum Gasteiger partial charge on any atom is -0.349 e. The van der Waals surface area contributed by atoms with Crippen molar-refractivity contribution in [3.63, 3.8) is 0 Å². The first-order valence-corrected chi connectivity index (χ1v) is 6.35. The van der Waals surface area contributed by atoms with Crippen molar-refractivity contribution in [2.24, 2.45) is 0 Å². The highest BCUT2D eigenvalue weighted by atomic mass is 16.5. The van der Waals surface area contributed by atoms with Gasteiger partial charge in [0.25, 0.3) is 5.89 Å². The van der Waals surface area contributed by atoms with E-state index in [-0.39, 0.29) is 5.91 Å². The third-order valence-electron chi connectivity index (χ3n) is 2.69. The zero-order valence-corrected chi connectivity index (χ0v) is 11.1. The molecular formula is C14H17N3O2. The molecule has 0 aliphatic carbocycles. The van der Waals surface area contributed by atoms with E-state index in [2.05, 4.69) is 15.5 Å². The molecule has 0 aliphatic heterocycles. The summed E-state index contributed by atoms with van der Waals surface area (Å²) in [6.07, 6.45) is 1.34. The number of benzene rings is 1. The molecule has 19 heavy (non-hydrogen) atoms. The van der Waals surface area contributed by atoms with Crippen molar-refractivity contribution >= 4 is 5.91 Å². The fourth-order valence-electron chi connectivity index (χ4n) is 1.63. The van der Waals surface area contributed by atoms with E-state index in [9.17, 15) is 4.79 Å². The molecule has 0 saturated heterocycles. The van der Waals surface area contributed by atoms with Crippen molar-refractivity contribution in [3.8, 4) is 11.5 Å². The fourth-order valence-corrected chi connectivity index (χ4v) is 1.63. The molecule has 0 fully saturated rings. The van der Waals surface area contributed by atoms with Gasteiger partial charge >= 0.3 is 0 Å². The molecule has 5 heteroatoms. The molecule has 2 rings (SSSR count). The Labute approximate surface area is 112 Å². The van der Waals surface area contributed by atoms with E-state index in [1.54, 1.807) is 0 Å². The molecule has 0 atom stereocenters. The number of aryl methyl sites for hydroxylation is 1. The van der Waals surface area contributed by atoms with E-state index < -0.39 is 0 Å². The maximum Gasteiger partial charge on any atom is 0.257 e. The van der Waals surface area contributed by atoms with E-state index >= 15 is 0 Å². The average molecular weight is 259 g/mol. The predicted octanol–water partition coefficient (Wildman–Crippen LogP) is 2.46. The van der Waals surface area contributed by atoms with Crippen LogP contribution >= 0.6 is 0 Å². The molecule has 100 valence electrons. The van der Waals surface area contributed by atoms with E-state index in [0.29, 0.717) is 24.7 Å². The summed E-state index contributed by atoms with van der Waals surface area (Å²) >= 11 is 0. The first-order valence-electron chi connectivity index (χ1n) is 6.35. The molecule has 1 heterocycles. The Morgan fingerprint density at radius 3 is 2.74 bits per heavy atom. The largest absolute Gasteiger partial charge is 0.349 e. The molecule has 1 aromatic heterocycles. The van der Waals surface area contributed by atoms with Gasteiger partial charge in [-0.3, -0.25) is 4.79 Å². The lowest BCUT2D eigenvalue weighted by molar-refractivity contribution is -0.121. The lowest BCUT2D eigenvalue weighted by Crippen LogP contribution is -2.22. The lowest BCUT2D eigenvalue weighted by atomic mass is 10.1. The van der Waals surface area contributed by atoms with Crippen molar-refractivity contribution in [2.45, 2.75) is 33.2 Å². The van der Waals surface area contributed by atoms with Gasteiger partial charge in [0.15, 0.2) is 5.82 Å². The lowest BCUT2D eigenvalue weighted by Gasteiger charge is -1.99. The van der Waals surface area contributed by atoms with E-state index in [1.165, 1.54) is 5.56 Å². The summed E-state index contributed by atoms with van der Waals surface area (Å²) in [5.41, 5.74) is 2.06. The van der Waals surface area contributed by atoms with Crippen molar-refractivity contribution in [1.82, 2.24) is 15.5 Å². The van der Waals surface area contributed by atoms with Crippen molar-refractivity contribution in [2.75, 3.05) is 0 Å². The monoisotopic (exact) mass is 259 g/mol. The van der Waals surface area contributed by atoms with Crippen LogP contribution in [0.25, 0.3) is 11.5 Å². The number of hydrogen-bond donors (Lipinski definition) is 1. The Balaban J connectivity index is 1.99. The quantitative estimate of drug-likeness (QED) is 0.895. The highest BCUT2D eigenvalue weighted by Crippen LogP contribution is 2.17. The van der Waals surface area contributed by atoms with Gasteiger partial charge in [-0.05, 0) is 25.5 Å². The van der Waals surface area contributed by atoms with Gasteiger partial charge in [-0.2, -0.15) is 4.98 Å². The van der Waals surface area contributed by atoms with Crippen LogP contribution in [0.4, 0.5) is 0 Å². The van der Waals surface area contributed by atoms with Gasteiger partial charge in [0.2, 0.25) is 5.91 Å². The normalized spacial score (nSPS) is 10.4. The minimum absolute atomic E-state index is 0.00388. The van der Waals surface area contributed by atoms with Crippen molar-refractivity contribution < 1.29 is 9.32 Å². The summed E-state index contributed by atoms with van der Waals surface area (Å²) in [6, 6.07) is 7.84. The van der Waals surface area contributed by atoms with Gasteiger partial charge in [-0.15, -0.1) is 0 Å². The van der Waals surface area contributed by atoms with Gasteiger partial charge in [0, 0.05) is 12.0 Å². The van der Waals surface area contributed by atoms with Crippen LogP contribution in [0.15, 0.2) is 28.8 Å². The Bertz CT molecular complexity index is 546. The molecule has 1 amide bonds. The Morgan fingerprint density at radius 1 is 1.32 bits per heavy atom. The Hall–Kier alpha value is -2.17. The van der Waals surface area contributed by atoms with Crippen LogP contribution in [0.1, 0.15) is 31.2 Å². The second-order valence-corrected chi connectivity index (χ2v) is 4.41. The summed E-state index contributed by atoms with van der Waals surface area (Å²) in [4.78, 5) is 15.6. The molecule has 5 nitrogen and oxygen atoms in total. The second kappa shape index (κ2) is 6.13. The number of carbonyl (C=O) groups excluding carboxylic acids is 1. The van der Waals surface area contributed by atoms with E-state index in [4.69, 9.17) is 4.52 Å². The van der Waals surface area contributed by atoms with Gasteiger partial charge < -0.3 is 9.84 Å². The topological polar surface area (TPSA) is 68.0 Å².